The van der Waals surface area contributed by atoms with Crippen LogP contribution in [-0.2, 0) is 22.3 Å². The number of nitrogen functional groups attached to an aromatic ring is 1. The molecule has 168 valence electrons. The quantitative estimate of drug-likeness (QED) is 0.571. The van der Waals surface area contributed by atoms with Gasteiger partial charge in [-0.05, 0) is 18.6 Å². The molecule has 1 aromatic heterocycles. The van der Waals surface area contributed by atoms with Gasteiger partial charge >= 0.3 is 6.18 Å². The summed E-state index contributed by atoms with van der Waals surface area (Å²) in [5.74, 6) is -3.29. The van der Waals surface area contributed by atoms with Crippen molar-refractivity contribution in [2.75, 3.05) is 18.8 Å². The van der Waals surface area contributed by atoms with Gasteiger partial charge in [-0.25, -0.2) is 23.1 Å². The van der Waals surface area contributed by atoms with Crippen molar-refractivity contribution < 1.29 is 35.9 Å². The van der Waals surface area contributed by atoms with E-state index in [1.54, 1.807) is 0 Å². The molecule has 0 aliphatic carbocycles. The number of aromatic nitrogens is 2. The number of ether oxygens (including phenoxy) is 1. The molecular weight excluding hydrogens is 430 g/mol. The Hall–Kier alpha value is -3.15. The summed E-state index contributed by atoms with van der Waals surface area (Å²) < 4.78 is 81.0. The predicted octanol–water partition coefficient (Wildman–Crippen LogP) is 3.64. The van der Waals surface area contributed by atoms with Gasteiger partial charge in [0.05, 0.1) is 30.7 Å². The minimum Gasteiger partial charge on any atom is -0.372 e. The molecule has 1 amide bonds. The van der Waals surface area contributed by atoms with E-state index < -0.39 is 41.2 Å². The molecular formula is C19H18F6N4O2. The second-order valence-electron chi connectivity index (χ2n) is 6.44. The zero-order valence-corrected chi connectivity index (χ0v) is 16.0. The Balaban J connectivity index is 0.000000357. The van der Waals surface area contributed by atoms with Gasteiger partial charge in [0.2, 0.25) is 5.95 Å². The highest BCUT2D eigenvalue weighted by atomic mass is 19.4. The Bertz CT molecular complexity index is 900. The Labute approximate surface area is 173 Å². The summed E-state index contributed by atoms with van der Waals surface area (Å²) >= 11 is 0. The average Bonchev–Trinajstić information content (AvgIpc) is 3.17. The Kier molecular flexibility index (Phi) is 7.97. The number of alkyl halides is 3. The normalized spacial score (nSPS) is 15.9. The summed E-state index contributed by atoms with van der Waals surface area (Å²) in [6.07, 6.45) is -2.58. The van der Waals surface area contributed by atoms with Crippen LogP contribution in [0.15, 0.2) is 43.0 Å². The molecule has 1 aromatic carbocycles. The van der Waals surface area contributed by atoms with Gasteiger partial charge in [-0.2, -0.15) is 13.2 Å². The molecule has 0 radical (unpaired) electrons. The Morgan fingerprint density at radius 3 is 2.42 bits per heavy atom. The van der Waals surface area contributed by atoms with Gasteiger partial charge in [0.25, 0.3) is 5.91 Å². The summed E-state index contributed by atoms with van der Waals surface area (Å²) in [4.78, 5) is 19.3. The first-order chi connectivity index (χ1) is 14.5. The first-order valence-electron chi connectivity index (χ1n) is 8.81. The molecule has 1 aliphatic heterocycles. The number of carbonyl (C=O) groups excluding carboxylic acids is 1. The maximum absolute atomic E-state index is 13.7. The highest BCUT2D eigenvalue weighted by Crippen LogP contribution is 2.30. The van der Waals surface area contributed by atoms with E-state index in [0.29, 0.717) is 12.5 Å². The summed E-state index contributed by atoms with van der Waals surface area (Å²) in [5, 5.41) is 0. The number of anilines is 1. The smallest absolute Gasteiger partial charge is 0.372 e. The van der Waals surface area contributed by atoms with Crippen molar-refractivity contribution >= 4 is 11.9 Å². The van der Waals surface area contributed by atoms with Crippen LogP contribution in [0.5, 0.6) is 0 Å². The van der Waals surface area contributed by atoms with Crippen molar-refractivity contribution in [3.05, 3.63) is 65.8 Å². The number of hydrogen-bond acceptors (Lipinski definition) is 5. The third-order valence-corrected chi connectivity index (χ3v) is 4.16. The van der Waals surface area contributed by atoms with Crippen LogP contribution >= 0.6 is 0 Å². The molecule has 1 fully saturated rings. The fourth-order valence-corrected chi connectivity index (χ4v) is 2.59. The first kappa shape index (κ1) is 24.1. The first-order valence-corrected chi connectivity index (χ1v) is 8.81. The lowest BCUT2D eigenvalue weighted by Crippen LogP contribution is -2.30. The van der Waals surface area contributed by atoms with Gasteiger partial charge in [0.15, 0.2) is 11.6 Å². The fourth-order valence-electron chi connectivity index (χ4n) is 2.59. The van der Waals surface area contributed by atoms with Crippen molar-refractivity contribution in [3.8, 4) is 0 Å². The van der Waals surface area contributed by atoms with Gasteiger partial charge < -0.3 is 15.4 Å². The van der Waals surface area contributed by atoms with E-state index in [9.17, 15) is 31.1 Å². The zero-order chi connectivity index (χ0) is 23.2. The highest BCUT2D eigenvalue weighted by Gasteiger charge is 2.31. The molecule has 12 heteroatoms. The van der Waals surface area contributed by atoms with E-state index in [-0.39, 0.29) is 31.2 Å². The van der Waals surface area contributed by atoms with Crippen LogP contribution in [0, 0.1) is 11.6 Å². The van der Waals surface area contributed by atoms with Crippen molar-refractivity contribution in [3.63, 3.8) is 0 Å². The predicted molar refractivity (Wildman–Crippen MR) is 97.8 cm³/mol. The second kappa shape index (κ2) is 10.2. The van der Waals surface area contributed by atoms with Crippen LogP contribution < -0.4 is 5.73 Å². The van der Waals surface area contributed by atoms with Crippen molar-refractivity contribution in [2.24, 2.45) is 0 Å². The number of likely N-dealkylation sites (tertiary alicyclic amines) is 1. The molecule has 2 N–H and O–H groups in total. The highest BCUT2D eigenvalue weighted by molar-refractivity contribution is 5.90. The van der Waals surface area contributed by atoms with Crippen molar-refractivity contribution in [1.82, 2.24) is 14.9 Å². The van der Waals surface area contributed by atoms with E-state index in [1.807, 2.05) is 0 Å². The summed E-state index contributed by atoms with van der Waals surface area (Å²) in [6.45, 7) is 3.10. The molecule has 1 atom stereocenters. The van der Waals surface area contributed by atoms with Crippen LogP contribution in [0.2, 0.25) is 0 Å². The van der Waals surface area contributed by atoms with E-state index in [2.05, 4.69) is 16.5 Å². The topological polar surface area (TPSA) is 81.3 Å². The number of nitrogens with two attached hydrogens (primary N) is 1. The van der Waals surface area contributed by atoms with Crippen LogP contribution in [0.4, 0.5) is 32.3 Å². The average molecular weight is 448 g/mol. The summed E-state index contributed by atoms with van der Waals surface area (Å²) in [6, 6.07) is 2.20. The molecule has 0 saturated carbocycles. The lowest BCUT2D eigenvalue weighted by Gasteiger charge is -2.16. The Morgan fingerprint density at radius 2 is 1.90 bits per heavy atom. The summed E-state index contributed by atoms with van der Waals surface area (Å²) in [7, 11) is 0. The number of benzene rings is 1. The van der Waals surface area contributed by atoms with Gasteiger partial charge in [0.1, 0.15) is 5.82 Å². The lowest BCUT2D eigenvalue weighted by molar-refractivity contribution is -0.137. The van der Waals surface area contributed by atoms with Crippen LogP contribution in [0.3, 0.4) is 0 Å². The maximum atomic E-state index is 13.7. The molecule has 0 bridgehead atoms. The van der Waals surface area contributed by atoms with Gasteiger partial charge in [0, 0.05) is 18.7 Å². The molecule has 31 heavy (non-hydrogen) atoms. The number of rotatable bonds is 4. The second-order valence-corrected chi connectivity index (χ2v) is 6.44. The van der Waals surface area contributed by atoms with Gasteiger partial charge in [-0.1, -0.05) is 12.6 Å². The number of hydrogen-bond donors (Lipinski definition) is 1. The SMILES string of the molecule is C=C(F)C(=O)N1CCC(OCc2ccc(C(F)(F)F)cc2F)C1.Nc1ncc(F)cn1. The molecule has 1 unspecified atom stereocenters. The van der Waals surface area contributed by atoms with Gasteiger partial charge in [-0.15, -0.1) is 0 Å². The molecule has 2 heterocycles. The summed E-state index contributed by atoms with van der Waals surface area (Å²) in [5.41, 5.74) is 3.95. The van der Waals surface area contributed by atoms with E-state index >= 15 is 0 Å². The molecule has 1 aliphatic rings. The molecule has 6 nitrogen and oxygen atoms in total. The Morgan fingerprint density at radius 1 is 1.26 bits per heavy atom. The largest absolute Gasteiger partial charge is 0.416 e. The monoisotopic (exact) mass is 448 g/mol. The molecule has 0 spiro atoms. The number of halogens is 6. The third kappa shape index (κ3) is 7.24. The van der Waals surface area contributed by atoms with Crippen LogP contribution in [0.25, 0.3) is 0 Å². The van der Waals surface area contributed by atoms with Crippen LogP contribution in [0.1, 0.15) is 17.5 Å². The number of nitrogens with zero attached hydrogens (tertiary/aromatic N) is 3. The number of carbonyl (C=O) groups is 1. The molecule has 1 saturated heterocycles. The van der Waals surface area contributed by atoms with E-state index in [4.69, 9.17) is 10.5 Å². The van der Waals surface area contributed by atoms with Crippen molar-refractivity contribution in [1.29, 1.82) is 0 Å². The van der Waals surface area contributed by atoms with E-state index in [0.717, 1.165) is 24.5 Å². The lowest BCUT2D eigenvalue weighted by atomic mass is 10.1. The van der Waals surface area contributed by atoms with E-state index in [1.165, 1.54) is 4.90 Å². The molecule has 3 rings (SSSR count). The standard InChI is InChI=1S/C15H14F5NO2.C4H4FN3/c1-9(16)14(22)21-5-4-12(7-21)23-8-10-2-3-11(6-13(10)17)15(18,19)20;5-3-1-7-4(6)8-2-3/h2-3,6,12H,1,4-5,7-8H2;1-2H,(H2,6,7,8). The maximum Gasteiger partial charge on any atom is 0.416 e. The third-order valence-electron chi connectivity index (χ3n) is 4.16. The molecule has 2 aromatic rings. The fraction of sp³-hybridized carbons (Fsp3) is 0.316. The zero-order valence-electron chi connectivity index (χ0n) is 16.0. The van der Waals surface area contributed by atoms with Crippen LogP contribution in [-0.4, -0.2) is 40.0 Å². The van der Waals surface area contributed by atoms with Gasteiger partial charge in [-0.3, -0.25) is 4.79 Å². The minimum absolute atomic E-state index is 0.0160. The minimum atomic E-state index is -4.61. The van der Waals surface area contributed by atoms with Crippen molar-refractivity contribution in [2.45, 2.75) is 25.3 Å². The number of amides is 1.